The Hall–Kier alpha value is -3.32. The second kappa shape index (κ2) is 9.44. The molecule has 1 aliphatic rings. The highest BCUT2D eigenvalue weighted by Crippen LogP contribution is 2.37. The minimum atomic E-state index is -3.47. The van der Waals surface area contributed by atoms with E-state index in [2.05, 4.69) is 10.0 Å². The number of urea groups is 2. The highest BCUT2D eigenvalue weighted by atomic mass is 32.2. The lowest BCUT2D eigenvalue weighted by molar-refractivity contribution is 0.0129. The topological polar surface area (TPSA) is 174 Å². The van der Waals surface area contributed by atoms with E-state index in [0.29, 0.717) is 35.5 Å². The normalized spacial score (nSPS) is 16.3. The molecule has 172 valence electrons. The third-order valence-electron chi connectivity index (χ3n) is 4.60. The first-order chi connectivity index (χ1) is 15.0. The number of nitrogens with one attached hydrogen (secondary N) is 2. The third-order valence-corrected chi connectivity index (χ3v) is 6.31. The number of esters is 1. The number of nitrogens with two attached hydrogens (primary N) is 2. The number of likely N-dealkylation sites (tertiary alicyclic amines) is 1. The minimum Gasteiger partial charge on any atom is -0.457 e. The summed E-state index contributed by atoms with van der Waals surface area (Å²) in [5.74, 6) is -0.682. The monoisotopic (exact) mass is 481 g/mol. The van der Waals surface area contributed by atoms with E-state index < -0.39 is 34.2 Å². The Morgan fingerprint density at radius 1 is 1.22 bits per heavy atom. The molecule has 0 aliphatic carbocycles. The Labute approximate surface area is 188 Å². The van der Waals surface area contributed by atoms with Crippen LogP contribution in [-0.4, -0.2) is 56.8 Å². The number of nitrogens with zero attached hydrogens (tertiary/aromatic N) is 1. The van der Waals surface area contributed by atoms with Crippen molar-refractivity contribution < 1.29 is 27.5 Å². The number of ether oxygens (including phenoxy) is 1. The molecule has 1 aromatic heterocycles. The predicted octanol–water partition coefficient (Wildman–Crippen LogP) is 1.98. The van der Waals surface area contributed by atoms with Gasteiger partial charge in [0.1, 0.15) is 11.1 Å². The molecule has 1 fully saturated rings. The molecular formula is C19H23N5O6S2. The summed E-state index contributed by atoms with van der Waals surface area (Å²) in [4.78, 5) is 37.7. The Balaban J connectivity index is 1.86. The van der Waals surface area contributed by atoms with Gasteiger partial charge in [-0.25, -0.2) is 22.8 Å². The van der Waals surface area contributed by atoms with Gasteiger partial charge in [0.25, 0.3) is 0 Å². The number of thiophene rings is 1. The fourth-order valence-corrected chi connectivity index (χ4v) is 4.89. The molecule has 2 heterocycles. The second-order valence-electron chi connectivity index (χ2n) is 7.25. The average Bonchev–Trinajstić information content (AvgIpc) is 3.10. The smallest absolute Gasteiger partial charge is 0.341 e. The molecule has 0 bridgehead atoms. The molecule has 0 spiro atoms. The summed E-state index contributed by atoms with van der Waals surface area (Å²) in [6.07, 6.45) is 1.72. The van der Waals surface area contributed by atoms with Crippen LogP contribution < -0.4 is 21.5 Å². The number of primary amides is 2. The van der Waals surface area contributed by atoms with Gasteiger partial charge in [0.2, 0.25) is 10.0 Å². The summed E-state index contributed by atoms with van der Waals surface area (Å²) in [5, 5.41) is 2.62. The van der Waals surface area contributed by atoms with E-state index in [1.165, 1.54) is 11.0 Å². The van der Waals surface area contributed by atoms with E-state index in [1.54, 1.807) is 24.3 Å². The summed E-state index contributed by atoms with van der Waals surface area (Å²) in [7, 11) is -3.47. The van der Waals surface area contributed by atoms with Gasteiger partial charge in [0.15, 0.2) is 0 Å². The van der Waals surface area contributed by atoms with Gasteiger partial charge in [0, 0.05) is 17.1 Å². The van der Waals surface area contributed by atoms with Crippen molar-refractivity contribution in [3.8, 4) is 10.4 Å². The number of amides is 4. The summed E-state index contributed by atoms with van der Waals surface area (Å²) in [5.41, 5.74) is 11.6. The van der Waals surface area contributed by atoms with Crippen LogP contribution in [0.5, 0.6) is 0 Å². The molecule has 1 saturated heterocycles. The van der Waals surface area contributed by atoms with Crippen LogP contribution in [0, 0.1) is 0 Å². The molecular weight excluding hydrogens is 458 g/mol. The van der Waals surface area contributed by atoms with Crippen molar-refractivity contribution in [3.63, 3.8) is 0 Å². The molecule has 32 heavy (non-hydrogen) atoms. The summed E-state index contributed by atoms with van der Waals surface area (Å²) >= 11 is 1.09. The molecule has 0 saturated carbocycles. The van der Waals surface area contributed by atoms with Gasteiger partial charge >= 0.3 is 18.0 Å². The number of rotatable bonds is 6. The highest BCUT2D eigenvalue weighted by molar-refractivity contribution is 7.92. The molecule has 4 amide bonds. The van der Waals surface area contributed by atoms with Gasteiger partial charge < -0.3 is 21.1 Å². The first-order valence-electron chi connectivity index (χ1n) is 9.55. The number of carbonyl (C=O) groups is 3. The molecule has 2 aromatic rings. The van der Waals surface area contributed by atoms with Crippen molar-refractivity contribution in [1.82, 2.24) is 4.90 Å². The number of hydrogen-bond donors (Lipinski definition) is 4. The van der Waals surface area contributed by atoms with Crippen LogP contribution in [-0.2, 0) is 14.8 Å². The highest BCUT2D eigenvalue weighted by Gasteiger charge is 2.27. The molecule has 1 aromatic carbocycles. The zero-order valence-corrected chi connectivity index (χ0v) is 18.8. The van der Waals surface area contributed by atoms with E-state index in [9.17, 15) is 22.8 Å². The maximum Gasteiger partial charge on any atom is 0.341 e. The van der Waals surface area contributed by atoms with Crippen LogP contribution in [0.3, 0.4) is 0 Å². The van der Waals surface area contributed by atoms with E-state index in [4.69, 9.17) is 16.2 Å². The fraction of sp³-hybridized carbons (Fsp3) is 0.316. The Kier molecular flexibility index (Phi) is 6.89. The van der Waals surface area contributed by atoms with Crippen LogP contribution >= 0.6 is 11.3 Å². The van der Waals surface area contributed by atoms with Crippen LogP contribution in [0.15, 0.2) is 30.3 Å². The van der Waals surface area contributed by atoms with Crippen molar-refractivity contribution in [2.45, 2.75) is 18.9 Å². The van der Waals surface area contributed by atoms with Gasteiger partial charge in [-0.15, -0.1) is 11.3 Å². The van der Waals surface area contributed by atoms with E-state index in [1.807, 2.05) is 0 Å². The van der Waals surface area contributed by atoms with Gasteiger partial charge in [-0.3, -0.25) is 10.0 Å². The summed E-state index contributed by atoms with van der Waals surface area (Å²) in [6.45, 7) is 0.689. The zero-order valence-electron chi connectivity index (χ0n) is 17.2. The maximum atomic E-state index is 12.9. The molecule has 6 N–H and O–H groups in total. The lowest BCUT2D eigenvalue weighted by Gasteiger charge is -2.31. The Bertz CT molecular complexity index is 1150. The van der Waals surface area contributed by atoms with Crippen molar-refractivity contribution in [2.24, 2.45) is 11.5 Å². The Morgan fingerprint density at radius 2 is 1.97 bits per heavy atom. The molecule has 3 rings (SSSR count). The SMILES string of the molecule is CS(=O)(=O)Nc1cccc(-c2cc(C(=O)OC3CCCN(C(N)=O)C3)c(NC(N)=O)s2)c1. The lowest BCUT2D eigenvalue weighted by Crippen LogP contribution is -2.46. The summed E-state index contributed by atoms with van der Waals surface area (Å²) in [6, 6.07) is 6.67. The van der Waals surface area contributed by atoms with Crippen LogP contribution in [0.2, 0.25) is 0 Å². The van der Waals surface area contributed by atoms with Crippen LogP contribution in [0.1, 0.15) is 23.2 Å². The maximum absolute atomic E-state index is 12.9. The quantitative estimate of drug-likeness (QED) is 0.459. The van der Waals surface area contributed by atoms with Crippen molar-refractivity contribution in [1.29, 1.82) is 0 Å². The first kappa shape index (κ1) is 23.3. The molecule has 1 unspecified atom stereocenters. The van der Waals surface area contributed by atoms with E-state index >= 15 is 0 Å². The van der Waals surface area contributed by atoms with Gasteiger partial charge in [0.05, 0.1) is 18.4 Å². The average molecular weight is 482 g/mol. The van der Waals surface area contributed by atoms with E-state index in [-0.39, 0.29) is 17.1 Å². The molecule has 1 atom stereocenters. The number of sulfonamides is 1. The number of anilines is 2. The number of piperidine rings is 1. The van der Waals surface area contributed by atoms with Crippen molar-refractivity contribution in [3.05, 3.63) is 35.9 Å². The van der Waals surface area contributed by atoms with Crippen molar-refractivity contribution in [2.75, 3.05) is 29.4 Å². The molecule has 11 nitrogen and oxygen atoms in total. The minimum absolute atomic E-state index is 0.0986. The number of carbonyl (C=O) groups excluding carboxylic acids is 3. The van der Waals surface area contributed by atoms with Gasteiger partial charge in [-0.2, -0.15) is 0 Å². The largest absolute Gasteiger partial charge is 0.457 e. The number of hydrogen-bond acceptors (Lipinski definition) is 7. The standard InChI is InChI=1S/C19H23N5O6S2/c1-32(28,29)23-12-5-2-4-11(8-12)15-9-14(16(31-15)22-18(20)26)17(25)30-13-6-3-7-24(10-13)19(21)27/h2,4-5,8-9,13,23H,3,6-7,10H2,1H3,(H2,21,27)(H3,20,22,26). The Morgan fingerprint density at radius 3 is 2.62 bits per heavy atom. The van der Waals surface area contributed by atoms with Crippen molar-refractivity contribution >= 4 is 50.1 Å². The summed E-state index contributed by atoms with van der Waals surface area (Å²) < 4.78 is 31.0. The molecule has 0 radical (unpaired) electrons. The first-order valence-corrected chi connectivity index (χ1v) is 12.3. The lowest BCUT2D eigenvalue weighted by atomic mass is 10.1. The van der Waals surface area contributed by atoms with E-state index in [0.717, 1.165) is 17.6 Å². The second-order valence-corrected chi connectivity index (χ2v) is 10.1. The zero-order chi connectivity index (χ0) is 23.5. The van der Waals surface area contributed by atoms with Gasteiger partial charge in [-0.05, 0) is 36.6 Å². The third kappa shape index (κ3) is 6.11. The fourth-order valence-electron chi connectivity index (χ4n) is 3.29. The van der Waals surface area contributed by atoms with Crippen LogP contribution in [0.4, 0.5) is 20.3 Å². The number of benzene rings is 1. The van der Waals surface area contributed by atoms with Crippen LogP contribution in [0.25, 0.3) is 10.4 Å². The molecule has 1 aliphatic heterocycles. The van der Waals surface area contributed by atoms with Gasteiger partial charge in [-0.1, -0.05) is 12.1 Å². The predicted molar refractivity (Wildman–Crippen MR) is 121 cm³/mol. The molecule has 13 heteroatoms.